The summed E-state index contributed by atoms with van der Waals surface area (Å²) in [7, 11) is 6.77. The van der Waals surface area contributed by atoms with Crippen LogP contribution in [0.5, 0.6) is 17.2 Å². The van der Waals surface area contributed by atoms with Crippen LogP contribution in [0.15, 0.2) is 17.1 Å². The van der Waals surface area contributed by atoms with E-state index in [2.05, 4.69) is 22.5 Å². The van der Waals surface area contributed by atoms with Gasteiger partial charge < -0.3 is 24.8 Å². The molecule has 6 nitrogen and oxygen atoms in total. The van der Waals surface area contributed by atoms with Gasteiger partial charge in [0.2, 0.25) is 0 Å². The molecule has 6 heteroatoms. The largest absolute Gasteiger partial charge is 0.496 e. The molecule has 1 aromatic rings. The van der Waals surface area contributed by atoms with Crippen LogP contribution in [0.4, 0.5) is 0 Å². The molecule has 26 heavy (non-hydrogen) atoms. The van der Waals surface area contributed by atoms with Gasteiger partial charge in [0.05, 0.1) is 21.3 Å². The van der Waals surface area contributed by atoms with Gasteiger partial charge in [0, 0.05) is 37.8 Å². The highest BCUT2D eigenvalue weighted by Crippen LogP contribution is 2.43. The number of methoxy groups -OCH3 is 3. The van der Waals surface area contributed by atoms with Crippen molar-refractivity contribution in [2.24, 2.45) is 10.4 Å². The zero-order chi connectivity index (χ0) is 19.0. The van der Waals surface area contributed by atoms with Crippen LogP contribution in [-0.2, 0) is 6.42 Å². The number of rotatable bonds is 9. The van der Waals surface area contributed by atoms with E-state index in [4.69, 9.17) is 14.2 Å². The second kappa shape index (κ2) is 9.55. The summed E-state index contributed by atoms with van der Waals surface area (Å²) in [6, 6.07) is 3.76. The molecular weight excluding hydrogens is 330 g/mol. The molecule has 0 bridgehead atoms. The lowest BCUT2D eigenvalue weighted by Gasteiger charge is -2.41. The van der Waals surface area contributed by atoms with Crippen molar-refractivity contribution in [2.75, 3.05) is 41.5 Å². The van der Waals surface area contributed by atoms with Crippen molar-refractivity contribution < 1.29 is 14.2 Å². The minimum absolute atomic E-state index is 0.458. The standard InChI is InChI=1S/C20H33N3O3/c1-6-20(9-7-10-20)14-23-19(21-2)22-11-8-16-17(25-4)12-15(24-3)13-18(16)26-5/h12-13H,6-11,14H2,1-5H3,(H2,21,22,23). The molecule has 0 aromatic heterocycles. The van der Waals surface area contributed by atoms with E-state index in [1.807, 2.05) is 19.2 Å². The first kappa shape index (κ1) is 20.2. The van der Waals surface area contributed by atoms with Crippen LogP contribution >= 0.6 is 0 Å². The van der Waals surface area contributed by atoms with Crippen molar-refractivity contribution >= 4 is 5.96 Å². The summed E-state index contributed by atoms with van der Waals surface area (Å²) >= 11 is 0. The number of nitrogens with zero attached hydrogens (tertiary/aromatic N) is 1. The molecule has 0 heterocycles. The van der Waals surface area contributed by atoms with Crippen molar-refractivity contribution in [1.82, 2.24) is 10.6 Å². The smallest absolute Gasteiger partial charge is 0.191 e. The highest BCUT2D eigenvalue weighted by atomic mass is 16.5. The maximum absolute atomic E-state index is 5.51. The number of aliphatic imine (C=N–C) groups is 1. The zero-order valence-electron chi connectivity index (χ0n) is 16.8. The fraction of sp³-hybridized carbons (Fsp3) is 0.650. The van der Waals surface area contributed by atoms with E-state index >= 15 is 0 Å². The van der Waals surface area contributed by atoms with Gasteiger partial charge in [-0.15, -0.1) is 0 Å². The Morgan fingerprint density at radius 3 is 2.15 bits per heavy atom. The molecule has 1 aliphatic carbocycles. The van der Waals surface area contributed by atoms with Gasteiger partial charge >= 0.3 is 0 Å². The Labute approximate surface area is 157 Å². The second-order valence-corrected chi connectivity index (χ2v) is 6.82. The lowest BCUT2D eigenvalue weighted by molar-refractivity contribution is 0.131. The van der Waals surface area contributed by atoms with Gasteiger partial charge in [0.15, 0.2) is 5.96 Å². The maximum atomic E-state index is 5.51. The average molecular weight is 364 g/mol. The first-order valence-corrected chi connectivity index (χ1v) is 9.34. The molecule has 1 aromatic carbocycles. The van der Waals surface area contributed by atoms with Crippen LogP contribution in [-0.4, -0.2) is 47.4 Å². The molecular formula is C20H33N3O3. The van der Waals surface area contributed by atoms with Crippen molar-refractivity contribution in [3.8, 4) is 17.2 Å². The number of ether oxygens (including phenoxy) is 3. The van der Waals surface area contributed by atoms with Crippen LogP contribution in [0, 0.1) is 5.41 Å². The Morgan fingerprint density at radius 1 is 1.08 bits per heavy atom. The molecule has 0 aliphatic heterocycles. The summed E-state index contributed by atoms with van der Waals surface area (Å²) in [5, 5.41) is 6.87. The van der Waals surface area contributed by atoms with E-state index < -0.39 is 0 Å². The number of hydrogen-bond acceptors (Lipinski definition) is 4. The van der Waals surface area contributed by atoms with Gasteiger partial charge in [-0.2, -0.15) is 0 Å². The minimum Gasteiger partial charge on any atom is -0.496 e. The summed E-state index contributed by atoms with van der Waals surface area (Å²) in [6.07, 6.45) is 5.95. The fourth-order valence-corrected chi connectivity index (χ4v) is 3.45. The summed E-state index contributed by atoms with van der Waals surface area (Å²) in [4.78, 5) is 4.34. The third-order valence-electron chi connectivity index (χ3n) is 5.50. The molecule has 0 radical (unpaired) electrons. The quantitative estimate of drug-likeness (QED) is 0.522. The molecule has 0 unspecified atom stereocenters. The van der Waals surface area contributed by atoms with Gasteiger partial charge in [0.1, 0.15) is 17.2 Å². The molecule has 0 amide bonds. The van der Waals surface area contributed by atoms with Gasteiger partial charge in [-0.3, -0.25) is 4.99 Å². The first-order chi connectivity index (χ1) is 12.6. The highest BCUT2D eigenvalue weighted by Gasteiger charge is 2.34. The Balaban J connectivity index is 1.93. The van der Waals surface area contributed by atoms with Crippen molar-refractivity contribution in [3.63, 3.8) is 0 Å². The van der Waals surface area contributed by atoms with E-state index in [9.17, 15) is 0 Å². The number of hydrogen-bond donors (Lipinski definition) is 2. The Kier molecular flexibility index (Phi) is 7.42. The summed E-state index contributed by atoms with van der Waals surface area (Å²) in [5.74, 6) is 3.10. The monoisotopic (exact) mass is 363 g/mol. The third kappa shape index (κ3) is 4.74. The van der Waals surface area contributed by atoms with E-state index in [1.54, 1.807) is 21.3 Å². The third-order valence-corrected chi connectivity index (χ3v) is 5.50. The van der Waals surface area contributed by atoms with Crippen LogP contribution in [0.25, 0.3) is 0 Å². The Bertz CT molecular complexity index is 582. The zero-order valence-corrected chi connectivity index (χ0v) is 16.8. The van der Waals surface area contributed by atoms with Gasteiger partial charge in [0.25, 0.3) is 0 Å². The van der Waals surface area contributed by atoms with Crippen LogP contribution < -0.4 is 24.8 Å². The van der Waals surface area contributed by atoms with Crippen LogP contribution in [0.1, 0.15) is 38.2 Å². The minimum atomic E-state index is 0.458. The molecule has 2 N–H and O–H groups in total. The molecule has 2 rings (SSSR count). The van der Waals surface area contributed by atoms with Crippen LogP contribution in [0.3, 0.4) is 0 Å². The first-order valence-electron chi connectivity index (χ1n) is 9.34. The summed E-state index contributed by atoms with van der Waals surface area (Å²) in [5.41, 5.74) is 1.47. The molecule has 1 fully saturated rings. The molecule has 146 valence electrons. The second-order valence-electron chi connectivity index (χ2n) is 6.82. The van der Waals surface area contributed by atoms with Crippen molar-refractivity contribution in [1.29, 1.82) is 0 Å². The average Bonchev–Trinajstić information content (AvgIpc) is 2.65. The number of benzene rings is 1. The summed E-state index contributed by atoms with van der Waals surface area (Å²) in [6.45, 7) is 4.00. The fourth-order valence-electron chi connectivity index (χ4n) is 3.45. The van der Waals surface area contributed by atoms with Crippen molar-refractivity contribution in [2.45, 2.75) is 39.0 Å². The van der Waals surface area contributed by atoms with Gasteiger partial charge in [-0.1, -0.05) is 13.3 Å². The molecule has 0 atom stereocenters. The molecule has 0 spiro atoms. The SMILES string of the molecule is CCC1(CNC(=NC)NCCc2c(OC)cc(OC)cc2OC)CCC1. The lowest BCUT2D eigenvalue weighted by atomic mass is 9.67. The van der Waals surface area contributed by atoms with Gasteiger partial charge in [-0.25, -0.2) is 0 Å². The number of guanidine groups is 1. The molecule has 0 saturated heterocycles. The number of nitrogens with one attached hydrogen (secondary N) is 2. The Hall–Kier alpha value is -2.11. The molecule has 1 aliphatic rings. The van der Waals surface area contributed by atoms with E-state index in [0.717, 1.165) is 48.3 Å². The lowest BCUT2D eigenvalue weighted by Crippen LogP contribution is -2.46. The Morgan fingerprint density at radius 2 is 1.73 bits per heavy atom. The van der Waals surface area contributed by atoms with E-state index in [1.165, 1.54) is 25.7 Å². The predicted octanol–water partition coefficient (Wildman–Crippen LogP) is 3.00. The van der Waals surface area contributed by atoms with E-state index in [0.29, 0.717) is 5.41 Å². The van der Waals surface area contributed by atoms with Crippen LogP contribution in [0.2, 0.25) is 0 Å². The van der Waals surface area contributed by atoms with Crippen molar-refractivity contribution in [3.05, 3.63) is 17.7 Å². The highest BCUT2D eigenvalue weighted by molar-refractivity contribution is 5.79. The van der Waals surface area contributed by atoms with Gasteiger partial charge in [-0.05, 0) is 31.1 Å². The predicted molar refractivity (Wildman–Crippen MR) is 106 cm³/mol. The van der Waals surface area contributed by atoms with E-state index in [-0.39, 0.29) is 0 Å². The topological polar surface area (TPSA) is 64.1 Å². The normalized spacial score (nSPS) is 15.8. The molecule has 1 saturated carbocycles. The summed E-state index contributed by atoms with van der Waals surface area (Å²) < 4.78 is 16.3. The maximum Gasteiger partial charge on any atom is 0.191 e.